The molecule has 0 aliphatic heterocycles. The Bertz CT molecular complexity index is 390. The number of rotatable bonds is 5. The molecule has 0 aliphatic rings. The van der Waals surface area contributed by atoms with Gasteiger partial charge in [-0.25, -0.2) is 0 Å². The Balaban J connectivity index is 2.23. The van der Waals surface area contributed by atoms with Crippen molar-refractivity contribution in [3.63, 3.8) is 0 Å². The van der Waals surface area contributed by atoms with Crippen molar-refractivity contribution < 1.29 is 14.7 Å². The van der Waals surface area contributed by atoms with Gasteiger partial charge in [-0.2, -0.15) is 0 Å². The molecular formula is C13H18N2O3. The Morgan fingerprint density at radius 1 is 1.17 bits per heavy atom. The number of benzene rings is 1. The van der Waals surface area contributed by atoms with E-state index in [2.05, 4.69) is 10.6 Å². The van der Waals surface area contributed by atoms with Crippen LogP contribution in [-0.2, 0) is 16.0 Å². The molecule has 1 aromatic rings. The molecule has 0 unspecified atom stereocenters. The highest BCUT2D eigenvalue weighted by Crippen LogP contribution is 1.97. The molecule has 0 bridgehead atoms. The van der Waals surface area contributed by atoms with Crippen LogP contribution < -0.4 is 10.6 Å². The van der Waals surface area contributed by atoms with Crippen LogP contribution in [0.25, 0.3) is 0 Å². The van der Waals surface area contributed by atoms with Crippen LogP contribution in [0.3, 0.4) is 0 Å². The zero-order chi connectivity index (χ0) is 13.4. The molecule has 1 rings (SSSR count). The fraction of sp³-hybridized carbons (Fsp3) is 0.385. The molecule has 0 aliphatic carbocycles. The average Bonchev–Trinajstić information content (AvgIpc) is 2.37. The summed E-state index contributed by atoms with van der Waals surface area (Å²) in [5.74, 6) is -1.39. The van der Waals surface area contributed by atoms with Gasteiger partial charge in [-0.3, -0.25) is 9.59 Å². The minimum absolute atomic E-state index is 0.0743. The zero-order valence-corrected chi connectivity index (χ0v) is 10.3. The first-order valence-corrected chi connectivity index (χ1v) is 5.87. The van der Waals surface area contributed by atoms with Crippen LogP contribution in [0, 0.1) is 0 Å². The minimum Gasteiger partial charge on any atom is -0.392 e. The second-order valence-electron chi connectivity index (χ2n) is 4.05. The van der Waals surface area contributed by atoms with Crippen LogP contribution in [0.5, 0.6) is 0 Å². The molecule has 2 amide bonds. The maximum atomic E-state index is 11.3. The fourth-order valence-corrected chi connectivity index (χ4v) is 1.37. The summed E-state index contributed by atoms with van der Waals surface area (Å²) in [6, 6.07) is 9.68. The topological polar surface area (TPSA) is 78.4 Å². The van der Waals surface area contributed by atoms with E-state index in [-0.39, 0.29) is 6.54 Å². The van der Waals surface area contributed by atoms with Gasteiger partial charge in [0.1, 0.15) is 0 Å². The van der Waals surface area contributed by atoms with E-state index in [0.717, 1.165) is 5.56 Å². The SMILES string of the molecule is C[C@H](O)CNC(=O)C(=O)NCCc1ccccc1. The Hall–Kier alpha value is -1.88. The van der Waals surface area contributed by atoms with E-state index in [9.17, 15) is 9.59 Å². The Morgan fingerprint density at radius 3 is 2.39 bits per heavy atom. The Kier molecular flexibility index (Phi) is 5.87. The van der Waals surface area contributed by atoms with Gasteiger partial charge < -0.3 is 15.7 Å². The Morgan fingerprint density at radius 2 is 1.78 bits per heavy atom. The van der Waals surface area contributed by atoms with Gasteiger partial charge in [-0.05, 0) is 18.9 Å². The fourth-order valence-electron chi connectivity index (χ4n) is 1.37. The van der Waals surface area contributed by atoms with Crippen molar-refractivity contribution in [3.05, 3.63) is 35.9 Å². The van der Waals surface area contributed by atoms with Crippen molar-refractivity contribution in [1.82, 2.24) is 10.6 Å². The lowest BCUT2D eigenvalue weighted by atomic mass is 10.1. The predicted molar refractivity (Wildman–Crippen MR) is 67.8 cm³/mol. The summed E-state index contributed by atoms with van der Waals surface area (Å²) in [6.45, 7) is 2.02. The standard InChI is InChI=1S/C13H18N2O3/c1-10(16)9-15-13(18)12(17)14-8-7-11-5-3-2-4-6-11/h2-6,10,16H,7-9H2,1H3,(H,14,17)(H,15,18)/t10-/m0/s1. The highest BCUT2D eigenvalue weighted by molar-refractivity contribution is 6.35. The number of hydrogen-bond acceptors (Lipinski definition) is 3. The number of nitrogens with one attached hydrogen (secondary N) is 2. The molecule has 0 heterocycles. The first-order valence-electron chi connectivity index (χ1n) is 5.87. The number of hydrogen-bond donors (Lipinski definition) is 3. The largest absolute Gasteiger partial charge is 0.392 e. The summed E-state index contributed by atoms with van der Waals surface area (Å²) in [7, 11) is 0. The van der Waals surface area contributed by atoms with Crippen LogP contribution in [0.15, 0.2) is 30.3 Å². The second kappa shape index (κ2) is 7.45. The van der Waals surface area contributed by atoms with Crippen LogP contribution in [-0.4, -0.2) is 36.1 Å². The van der Waals surface area contributed by atoms with Gasteiger partial charge in [-0.1, -0.05) is 30.3 Å². The molecule has 0 radical (unpaired) electrons. The number of aliphatic hydroxyl groups excluding tert-OH is 1. The van der Waals surface area contributed by atoms with Crippen LogP contribution in [0.2, 0.25) is 0 Å². The molecule has 3 N–H and O–H groups in total. The smallest absolute Gasteiger partial charge is 0.309 e. The quantitative estimate of drug-likeness (QED) is 0.636. The van der Waals surface area contributed by atoms with Gasteiger partial charge in [0.2, 0.25) is 0 Å². The van der Waals surface area contributed by atoms with Crippen LogP contribution in [0.4, 0.5) is 0 Å². The first kappa shape index (κ1) is 14.2. The molecule has 5 nitrogen and oxygen atoms in total. The van der Waals surface area contributed by atoms with E-state index in [1.54, 1.807) is 0 Å². The predicted octanol–water partition coefficient (Wildman–Crippen LogP) is -0.158. The van der Waals surface area contributed by atoms with Gasteiger partial charge in [-0.15, -0.1) is 0 Å². The monoisotopic (exact) mass is 250 g/mol. The minimum atomic E-state index is -0.719. The third-order valence-corrected chi connectivity index (χ3v) is 2.31. The number of carbonyl (C=O) groups excluding carboxylic acids is 2. The van der Waals surface area contributed by atoms with E-state index in [1.807, 2.05) is 30.3 Å². The normalized spacial score (nSPS) is 11.7. The van der Waals surface area contributed by atoms with Crippen molar-refractivity contribution in [2.45, 2.75) is 19.4 Å². The summed E-state index contributed by atoms with van der Waals surface area (Å²) < 4.78 is 0. The summed E-state index contributed by atoms with van der Waals surface area (Å²) in [5.41, 5.74) is 1.10. The summed E-state index contributed by atoms with van der Waals surface area (Å²) in [4.78, 5) is 22.6. The van der Waals surface area contributed by atoms with Gasteiger partial charge >= 0.3 is 11.8 Å². The molecule has 1 atom stereocenters. The third-order valence-electron chi connectivity index (χ3n) is 2.31. The summed E-state index contributed by atoms with van der Waals surface area (Å²) in [6.07, 6.45) is 0.0158. The number of carbonyl (C=O) groups is 2. The lowest BCUT2D eigenvalue weighted by Crippen LogP contribution is -2.42. The molecule has 0 spiro atoms. The third kappa shape index (κ3) is 5.45. The van der Waals surface area contributed by atoms with Crippen molar-refractivity contribution in [3.8, 4) is 0 Å². The lowest BCUT2D eigenvalue weighted by Gasteiger charge is -2.07. The highest BCUT2D eigenvalue weighted by atomic mass is 16.3. The van der Waals surface area contributed by atoms with E-state index in [0.29, 0.717) is 13.0 Å². The van der Waals surface area contributed by atoms with Gasteiger partial charge in [0.05, 0.1) is 6.10 Å². The number of amides is 2. The average molecular weight is 250 g/mol. The molecule has 5 heteroatoms. The molecular weight excluding hydrogens is 232 g/mol. The molecule has 0 aromatic heterocycles. The molecule has 1 aromatic carbocycles. The number of aliphatic hydroxyl groups is 1. The zero-order valence-electron chi connectivity index (χ0n) is 10.3. The highest BCUT2D eigenvalue weighted by Gasteiger charge is 2.12. The molecule has 18 heavy (non-hydrogen) atoms. The van der Waals surface area contributed by atoms with Crippen molar-refractivity contribution in [2.75, 3.05) is 13.1 Å². The second-order valence-corrected chi connectivity index (χ2v) is 4.05. The maximum absolute atomic E-state index is 11.3. The van der Waals surface area contributed by atoms with Gasteiger partial charge in [0.25, 0.3) is 0 Å². The van der Waals surface area contributed by atoms with Crippen LogP contribution >= 0.6 is 0 Å². The van der Waals surface area contributed by atoms with Crippen LogP contribution in [0.1, 0.15) is 12.5 Å². The lowest BCUT2D eigenvalue weighted by molar-refractivity contribution is -0.139. The van der Waals surface area contributed by atoms with Gasteiger partial charge in [0, 0.05) is 13.1 Å². The van der Waals surface area contributed by atoms with E-state index in [1.165, 1.54) is 6.92 Å². The summed E-state index contributed by atoms with van der Waals surface area (Å²) >= 11 is 0. The summed E-state index contributed by atoms with van der Waals surface area (Å²) in [5, 5.41) is 13.8. The van der Waals surface area contributed by atoms with E-state index in [4.69, 9.17) is 5.11 Å². The molecule has 0 saturated heterocycles. The molecule has 0 fully saturated rings. The molecule has 0 saturated carbocycles. The van der Waals surface area contributed by atoms with Gasteiger partial charge in [0.15, 0.2) is 0 Å². The first-order chi connectivity index (χ1) is 8.59. The maximum Gasteiger partial charge on any atom is 0.309 e. The van der Waals surface area contributed by atoms with Crippen molar-refractivity contribution >= 4 is 11.8 Å². The van der Waals surface area contributed by atoms with Crippen molar-refractivity contribution in [1.29, 1.82) is 0 Å². The van der Waals surface area contributed by atoms with E-state index >= 15 is 0 Å². The molecule has 98 valence electrons. The van der Waals surface area contributed by atoms with Crippen molar-refractivity contribution in [2.24, 2.45) is 0 Å². The van der Waals surface area contributed by atoms with E-state index < -0.39 is 17.9 Å². The Labute approximate surface area is 106 Å².